The van der Waals surface area contributed by atoms with Crippen molar-refractivity contribution < 1.29 is 9.90 Å². The zero-order valence-corrected chi connectivity index (χ0v) is 8.16. The third-order valence-corrected chi connectivity index (χ3v) is 2.95. The van der Waals surface area contributed by atoms with Gasteiger partial charge in [-0.15, -0.1) is 0 Å². The van der Waals surface area contributed by atoms with E-state index in [1.807, 2.05) is 6.07 Å². The summed E-state index contributed by atoms with van der Waals surface area (Å²) in [6, 6.07) is 5.14. The Balaban J connectivity index is 2.56. The van der Waals surface area contributed by atoms with Gasteiger partial charge in [0.25, 0.3) is 0 Å². The SMILES string of the molecule is NC1CC(C(=O)O)c2c(Cl)cccc21. The highest BCUT2D eigenvalue weighted by molar-refractivity contribution is 6.31. The Labute approximate surface area is 86.5 Å². The molecule has 0 radical (unpaired) electrons. The summed E-state index contributed by atoms with van der Waals surface area (Å²) in [4.78, 5) is 10.9. The molecule has 1 aliphatic rings. The molecule has 0 saturated heterocycles. The monoisotopic (exact) mass is 211 g/mol. The fraction of sp³-hybridized carbons (Fsp3) is 0.300. The topological polar surface area (TPSA) is 63.3 Å². The molecule has 1 aliphatic carbocycles. The number of carboxylic acid groups (broad SMARTS) is 1. The number of rotatable bonds is 1. The van der Waals surface area contributed by atoms with Crippen molar-refractivity contribution in [3.63, 3.8) is 0 Å². The van der Waals surface area contributed by atoms with Crippen LogP contribution in [-0.2, 0) is 4.79 Å². The Morgan fingerprint density at radius 1 is 1.57 bits per heavy atom. The molecule has 0 saturated carbocycles. The van der Waals surface area contributed by atoms with Gasteiger partial charge >= 0.3 is 5.97 Å². The summed E-state index contributed by atoms with van der Waals surface area (Å²) in [5.41, 5.74) is 7.38. The molecule has 0 fully saturated rings. The fourth-order valence-corrected chi connectivity index (χ4v) is 2.28. The lowest BCUT2D eigenvalue weighted by Gasteiger charge is -2.06. The van der Waals surface area contributed by atoms with Crippen molar-refractivity contribution in [2.75, 3.05) is 0 Å². The van der Waals surface area contributed by atoms with Crippen LogP contribution in [-0.4, -0.2) is 11.1 Å². The van der Waals surface area contributed by atoms with Gasteiger partial charge in [0.15, 0.2) is 0 Å². The lowest BCUT2D eigenvalue weighted by atomic mass is 10.0. The molecule has 0 heterocycles. The standard InChI is InChI=1S/C10H10ClNO2/c11-7-3-1-2-5-8(12)4-6(9(5)7)10(13)14/h1-3,6,8H,4,12H2,(H,13,14). The Morgan fingerprint density at radius 3 is 2.93 bits per heavy atom. The van der Waals surface area contributed by atoms with Gasteiger partial charge in [-0.3, -0.25) is 4.79 Å². The van der Waals surface area contributed by atoms with Crippen LogP contribution in [0.2, 0.25) is 5.02 Å². The number of hydrogen-bond donors (Lipinski definition) is 2. The number of carbonyl (C=O) groups is 1. The largest absolute Gasteiger partial charge is 0.481 e. The molecule has 3 N–H and O–H groups in total. The maximum Gasteiger partial charge on any atom is 0.311 e. The summed E-state index contributed by atoms with van der Waals surface area (Å²) in [6.07, 6.45) is 0.439. The van der Waals surface area contributed by atoms with Gasteiger partial charge in [0.1, 0.15) is 0 Å². The predicted octanol–water partition coefficient (Wildman–Crippen LogP) is 1.91. The van der Waals surface area contributed by atoms with E-state index in [1.165, 1.54) is 0 Å². The third kappa shape index (κ3) is 1.29. The van der Waals surface area contributed by atoms with Gasteiger partial charge in [0, 0.05) is 11.1 Å². The summed E-state index contributed by atoms with van der Waals surface area (Å²) >= 11 is 5.95. The van der Waals surface area contributed by atoms with E-state index in [9.17, 15) is 4.79 Å². The van der Waals surface area contributed by atoms with E-state index in [0.29, 0.717) is 17.0 Å². The maximum atomic E-state index is 10.9. The van der Waals surface area contributed by atoms with Crippen LogP contribution in [0.5, 0.6) is 0 Å². The second-order valence-electron chi connectivity index (χ2n) is 3.48. The van der Waals surface area contributed by atoms with Crippen LogP contribution in [0.1, 0.15) is 29.5 Å². The average Bonchev–Trinajstić information content (AvgIpc) is 2.46. The molecular formula is C10H10ClNO2. The van der Waals surface area contributed by atoms with Gasteiger partial charge in [-0.25, -0.2) is 0 Å². The Bertz CT molecular complexity index is 392. The number of nitrogens with two attached hydrogens (primary N) is 1. The van der Waals surface area contributed by atoms with Crippen molar-refractivity contribution in [2.24, 2.45) is 5.73 Å². The molecular weight excluding hydrogens is 202 g/mol. The van der Waals surface area contributed by atoms with Crippen LogP contribution >= 0.6 is 11.6 Å². The van der Waals surface area contributed by atoms with Crippen LogP contribution in [0.3, 0.4) is 0 Å². The molecule has 0 aromatic heterocycles. The van der Waals surface area contributed by atoms with Gasteiger partial charge < -0.3 is 10.8 Å². The van der Waals surface area contributed by atoms with Gasteiger partial charge in [-0.1, -0.05) is 23.7 Å². The highest BCUT2D eigenvalue weighted by Gasteiger charge is 2.34. The van der Waals surface area contributed by atoms with E-state index in [-0.39, 0.29) is 6.04 Å². The van der Waals surface area contributed by atoms with Gasteiger partial charge in [0.05, 0.1) is 5.92 Å². The molecule has 3 nitrogen and oxygen atoms in total. The third-order valence-electron chi connectivity index (χ3n) is 2.62. The van der Waals surface area contributed by atoms with E-state index in [2.05, 4.69) is 0 Å². The van der Waals surface area contributed by atoms with Gasteiger partial charge in [-0.2, -0.15) is 0 Å². The Kier molecular flexibility index (Phi) is 2.21. The van der Waals surface area contributed by atoms with Crippen LogP contribution in [0.25, 0.3) is 0 Å². The molecule has 2 rings (SSSR count). The number of aliphatic carboxylic acids is 1. The quantitative estimate of drug-likeness (QED) is 0.746. The first-order chi connectivity index (χ1) is 6.61. The minimum absolute atomic E-state index is 0.204. The van der Waals surface area contributed by atoms with Crippen molar-refractivity contribution in [1.29, 1.82) is 0 Å². The van der Waals surface area contributed by atoms with Crippen LogP contribution in [0, 0.1) is 0 Å². The molecule has 4 heteroatoms. The highest BCUT2D eigenvalue weighted by Crippen LogP contribution is 2.42. The molecule has 0 spiro atoms. The molecule has 2 atom stereocenters. The smallest absolute Gasteiger partial charge is 0.311 e. The summed E-state index contributed by atoms with van der Waals surface area (Å²) in [7, 11) is 0. The zero-order chi connectivity index (χ0) is 10.3. The predicted molar refractivity (Wildman–Crippen MR) is 53.4 cm³/mol. The number of hydrogen-bond acceptors (Lipinski definition) is 2. The summed E-state index contributed by atoms with van der Waals surface area (Å²) in [6.45, 7) is 0. The minimum Gasteiger partial charge on any atom is -0.481 e. The normalized spacial score (nSPS) is 24.7. The zero-order valence-electron chi connectivity index (χ0n) is 7.40. The molecule has 2 unspecified atom stereocenters. The van der Waals surface area contributed by atoms with Crippen LogP contribution < -0.4 is 5.73 Å². The lowest BCUT2D eigenvalue weighted by Crippen LogP contribution is -2.10. The fourth-order valence-electron chi connectivity index (χ4n) is 1.97. The molecule has 0 bridgehead atoms. The lowest BCUT2D eigenvalue weighted by molar-refractivity contribution is -0.138. The first-order valence-corrected chi connectivity index (χ1v) is 4.75. The van der Waals surface area contributed by atoms with E-state index in [1.54, 1.807) is 12.1 Å². The molecule has 74 valence electrons. The van der Waals surface area contributed by atoms with Gasteiger partial charge in [0.2, 0.25) is 0 Å². The molecule has 1 aromatic carbocycles. The first kappa shape index (κ1) is 9.49. The van der Waals surface area contributed by atoms with Crippen LogP contribution in [0.15, 0.2) is 18.2 Å². The number of halogens is 1. The Morgan fingerprint density at radius 2 is 2.29 bits per heavy atom. The molecule has 1 aromatic rings. The van der Waals surface area contributed by atoms with Crippen molar-refractivity contribution in [2.45, 2.75) is 18.4 Å². The second-order valence-corrected chi connectivity index (χ2v) is 3.88. The van der Waals surface area contributed by atoms with Crippen molar-refractivity contribution >= 4 is 17.6 Å². The number of carboxylic acids is 1. The average molecular weight is 212 g/mol. The number of fused-ring (bicyclic) bond motifs is 1. The molecule has 0 amide bonds. The van der Waals surface area contributed by atoms with E-state index in [4.69, 9.17) is 22.4 Å². The second kappa shape index (κ2) is 3.26. The maximum absolute atomic E-state index is 10.9. The first-order valence-electron chi connectivity index (χ1n) is 4.38. The minimum atomic E-state index is -0.854. The van der Waals surface area contributed by atoms with E-state index >= 15 is 0 Å². The molecule has 14 heavy (non-hydrogen) atoms. The summed E-state index contributed by atoms with van der Waals surface area (Å²) in [5, 5.41) is 9.49. The summed E-state index contributed by atoms with van der Waals surface area (Å²) in [5.74, 6) is -1.40. The van der Waals surface area contributed by atoms with Gasteiger partial charge in [-0.05, 0) is 23.6 Å². The van der Waals surface area contributed by atoms with Crippen molar-refractivity contribution in [3.8, 4) is 0 Å². The number of benzene rings is 1. The summed E-state index contributed by atoms with van der Waals surface area (Å²) < 4.78 is 0. The highest BCUT2D eigenvalue weighted by atomic mass is 35.5. The Hall–Kier alpha value is -1.06. The van der Waals surface area contributed by atoms with E-state index < -0.39 is 11.9 Å². The van der Waals surface area contributed by atoms with Crippen LogP contribution in [0.4, 0.5) is 0 Å². The van der Waals surface area contributed by atoms with Crippen molar-refractivity contribution in [1.82, 2.24) is 0 Å². The van der Waals surface area contributed by atoms with Crippen molar-refractivity contribution in [3.05, 3.63) is 34.3 Å². The molecule has 0 aliphatic heterocycles. The van der Waals surface area contributed by atoms with E-state index in [0.717, 1.165) is 5.56 Å².